The van der Waals surface area contributed by atoms with Crippen molar-refractivity contribution in [2.24, 2.45) is 5.41 Å². The zero-order chi connectivity index (χ0) is 16.9. The fourth-order valence-corrected chi connectivity index (χ4v) is 0.788. The number of hydrogen-bond donors (Lipinski definition) is 0. The van der Waals surface area contributed by atoms with Crippen molar-refractivity contribution in [3.63, 3.8) is 0 Å². The minimum absolute atomic E-state index is 0.130. The minimum atomic E-state index is -5.77. The number of hydrogen-bond acceptors (Lipinski definition) is 3. The molecule has 0 amide bonds. The van der Waals surface area contributed by atoms with E-state index in [1.54, 1.807) is 0 Å². The third-order valence-electron chi connectivity index (χ3n) is 1.88. The van der Waals surface area contributed by atoms with E-state index >= 15 is 0 Å². The SMILES string of the molecule is CCC(=O)C(C)(C)C.O=C(C(=O)C(F)(F)F)C(F)(F)F. The Kier molecular flexibility index (Phi) is 7.16. The zero-order valence-electron chi connectivity index (χ0n) is 11.2. The lowest BCUT2D eigenvalue weighted by molar-refractivity contribution is -0.193. The summed E-state index contributed by atoms with van der Waals surface area (Å²) in [6.45, 7) is 7.73. The lowest BCUT2D eigenvalue weighted by atomic mass is 9.90. The van der Waals surface area contributed by atoms with Gasteiger partial charge in [-0.05, 0) is 0 Å². The first kappa shape index (κ1) is 20.9. The Balaban J connectivity index is 0. The molecule has 20 heavy (non-hydrogen) atoms. The van der Waals surface area contributed by atoms with Crippen LogP contribution >= 0.6 is 0 Å². The van der Waals surface area contributed by atoms with Gasteiger partial charge in [0.05, 0.1) is 0 Å². The van der Waals surface area contributed by atoms with E-state index in [2.05, 4.69) is 0 Å². The monoisotopic (exact) mass is 308 g/mol. The fourth-order valence-electron chi connectivity index (χ4n) is 0.788. The molecule has 0 heterocycles. The third-order valence-corrected chi connectivity index (χ3v) is 1.88. The maximum atomic E-state index is 11.2. The Hall–Kier alpha value is -1.41. The van der Waals surface area contributed by atoms with Gasteiger partial charge in [0.2, 0.25) is 0 Å². The zero-order valence-corrected chi connectivity index (χ0v) is 11.2. The molecule has 0 aromatic carbocycles. The van der Waals surface area contributed by atoms with Crippen molar-refractivity contribution in [3.05, 3.63) is 0 Å². The second-order valence-corrected chi connectivity index (χ2v) is 4.68. The molecule has 0 spiro atoms. The van der Waals surface area contributed by atoms with Crippen LogP contribution in [0.4, 0.5) is 26.3 Å². The molecular weight excluding hydrogens is 294 g/mol. The molecule has 0 bridgehead atoms. The van der Waals surface area contributed by atoms with Crippen molar-refractivity contribution >= 4 is 17.3 Å². The highest BCUT2D eigenvalue weighted by Crippen LogP contribution is 2.24. The molecule has 0 rings (SSSR count). The fraction of sp³-hybridized carbons (Fsp3) is 0.727. The molecule has 0 aliphatic carbocycles. The van der Waals surface area contributed by atoms with E-state index in [9.17, 15) is 40.7 Å². The molecule has 0 aliphatic rings. The molecule has 3 nitrogen and oxygen atoms in total. The van der Waals surface area contributed by atoms with Crippen LogP contribution in [0.1, 0.15) is 34.1 Å². The van der Waals surface area contributed by atoms with Crippen LogP contribution in [-0.2, 0) is 14.4 Å². The average molecular weight is 308 g/mol. The molecule has 0 atom stereocenters. The second-order valence-electron chi connectivity index (χ2n) is 4.68. The predicted molar refractivity (Wildman–Crippen MR) is 56.9 cm³/mol. The van der Waals surface area contributed by atoms with Crippen molar-refractivity contribution in [2.45, 2.75) is 46.5 Å². The van der Waals surface area contributed by atoms with E-state index in [1.807, 2.05) is 27.7 Å². The van der Waals surface area contributed by atoms with Crippen molar-refractivity contribution in [1.82, 2.24) is 0 Å². The van der Waals surface area contributed by atoms with Gasteiger partial charge in [0.1, 0.15) is 5.78 Å². The summed E-state index contributed by atoms with van der Waals surface area (Å²) >= 11 is 0. The van der Waals surface area contributed by atoms with Crippen LogP contribution in [0.5, 0.6) is 0 Å². The average Bonchev–Trinajstić information content (AvgIpc) is 2.22. The largest absolute Gasteiger partial charge is 0.458 e. The van der Waals surface area contributed by atoms with Crippen LogP contribution in [0.25, 0.3) is 0 Å². The second kappa shape index (κ2) is 6.85. The molecular formula is C11H14F6O3. The minimum Gasteiger partial charge on any atom is -0.299 e. The summed E-state index contributed by atoms with van der Waals surface area (Å²) in [5, 5.41) is 0. The van der Waals surface area contributed by atoms with Crippen LogP contribution in [0.2, 0.25) is 0 Å². The highest BCUT2D eigenvalue weighted by molar-refractivity contribution is 6.41. The smallest absolute Gasteiger partial charge is 0.299 e. The number of rotatable bonds is 2. The highest BCUT2D eigenvalue weighted by Gasteiger charge is 2.54. The topological polar surface area (TPSA) is 51.2 Å². The number of alkyl halides is 6. The van der Waals surface area contributed by atoms with Gasteiger partial charge in [0, 0.05) is 11.8 Å². The van der Waals surface area contributed by atoms with Crippen molar-refractivity contribution in [1.29, 1.82) is 0 Å². The van der Waals surface area contributed by atoms with Crippen LogP contribution in [0.15, 0.2) is 0 Å². The van der Waals surface area contributed by atoms with E-state index < -0.39 is 23.9 Å². The Morgan fingerprint density at radius 3 is 1.05 bits per heavy atom. The quantitative estimate of drug-likeness (QED) is 0.581. The molecule has 0 fully saturated rings. The maximum Gasteiger partial charge on any atom is 0.458 e. The van der Waals surface area contributed by atoms with E-state index in [0.29, 0.717) is 12.2 Å². The summed E-state index contributed by atoms with van der Waals surface area (Å²) in [4.78, 5) is 30.1. The van der Waals surface area contributed by atoms with Crippen LogP contribution in [-0.4, -0.2) is 29.7 Å². The lowest BCUT2D eigenvalue weighted by Gasteiger charge is -2.13. The molecule has 9 heteroatoms. The summed E-state index contributed by atoms with van der Waals surface area (Å²) in [6, 6.07) is 0. The van der Waals surface area contributed by atoms with Gasteiger partial charge in [0.25, 0.3) is 0 Å². The van der Waals surface area contributed by atoms with Gasteiger partial charge < -0.3 is 0 Å². The van der Waals surface area contributed by atoms with Gasteiger partial charge in [0.15, 0.2) is 0 Å². The summed E-state index contributed by atoms with van der Waals surface area (Å²) in [5.41, 5.74) is -0.130. The van der Waals surface area contributed by atoms with Gasteiger partial charge in [-0.3, -0.25) is 14.4 Å². The molecule has 0 aromatic rings. The summed E-state index contributed by atoms with van der Waals surface area (Å²) < 4.78 is 67.0. The van der Waals surface area contributed by atoms with E-state index in [0.717, 1.165) is 0 Å². The van der Waals surface area contributed by atoms with Gasteiger partial charge >= 0.3 is 23.9 Å². The number of carbonyl (C=O) groups excluding carboxylic acids is 3. The molecule has 0 unspecified atom stereocenters. The Morgan fingerprint density at radius 1 is 0.750 bits per heavy atom. The normalized spacial score (nSPS) is 12.3. The van der Waals surface area contributed by atoms with Crippen molar-refractivity contribution in [3.8, 4) is 0 Å². The molecule has 0 N–H and O–H groups in total. The van der Waals surface area contributed by atoms with Gasteiger partial charge in [-0.1, -0.05) is 27.7 Å². The molecule has 0 radical (unpaired) electrons. The first-order valence-electron chi connectivity index (χ1n) is 5.31. The Morgan fingerprint density at radius 2 is 1.00 bits per heavy atom. The summed E-state index contributed by atoms with van der Waals surface area (Å²) in [6.07, 6.45) is -10.9. The molecule has 0 aromatic heterocycles. The summed E-state index contributed by atoms with van der Waals surface area (Å²) in [7, 11) is 0. The molecule has 0 saturated heterocycles. The van der Waals surface area contributed by atoms with Crippen LogP contribution < -0.4 is 0 Å². The van der Waals surface area contributed by atoms with E-state index in [1.165, 1.54) is 0 Å². The number of ketones is 3. The van der Waals surface area contributed by atoms with Crippen molar-refractivity contribution < 1.29 is 40.7 Å². The number of Topliss-reactive ketones (excluding diaryl/α,β-unsaturated/α-hetero) is 3. The van der Waals surface area contributed by atoms with Crippen LogP contribution in [0.3, 0.4) is 0 Å². The Bertz CT molecular complexity index is 349. The molecule has 0 aliphatic heterocycles. The number of carbonyl (C=O) groups is 3. The Labute approximate surface area is 111 Å². The summed E-state index contributed by atoms with van der Waals surface area (Å²) in [5.74, 6) is -6.48. The third kappa shape index (κ3) is 7.90. The number of halogens is 6. The van der Waals surface area contributed by atoms with Gasteiger partial charge in [-0.2, -0.15) is 26.3 Å². The first-order valence-corrected chi connectivity index (χ1v) is 5.31. The van der Waals surface area contributed by atoms with Crippen molar-refractivity contribution in [2.75, 3.05) is 0 Å². The van der Waals surface area contributed by atoms with Gasteiger partial charge in [-0.15, -0.1) is 0 Å². The predicted octanol–water partition coefficient (Wildman–Crippen LogP) is 3.26. The van der Waals surface area contributed by atoms with Crippen LogP contribution in [0, 0.1) is 5.41 Å². The standard InChI is InChI=1S/C7H14O.C4F6O2/c1-5-6(8)7(2,3)4;5-3(6,7)1(11)2(12)4(8,9)10/h5H2,1-4H3;. The molecule has 0 saturated carbocycles. The molecule has 118 valence electrons. The van der Waals surface area contributed by atoms with E-state index in [-0.39, 0.29) is 5.41 Å². The first-order chi connectivity index (χ1) is 8.55. The van der Waals surface area contributed by atoms with E-state index in [4.69, 9.17) is 0 Å². The lowest BCUT2D eigenvalue weighted by Crippen LogP contribution is -2.39. The highest BCUT2D eigenvalue weighted by atomic mass is 19.4. The van der Waals surface area contributed by atoms with Gasteiger partial charge in [-0.25, -0.2) is 0 Å². The maximum absolute atomic E-state index is 11.2.